The Morgan fingerprint density at radius 1 is 1.10 bits per heavy atom. The second-order valence-corrected chi connectivity index (χ2v) is 5.65. The summed E-state index contributed by atoms with van der Waals surface area (Å²) in [5.41, 5.74) is 0. The molecule has 1 fully saturated rings. The molecule has 0 aromatic rings. The van der Waals surface area contributed by atoms with Gasteiger partial charge in [0.2, 0.25) is 0 Å². The second-order valence-electron chi connectivity index (χ2n) is 5.65. The first-order valence-electron chi connectivity index (χ1n) is 8.01. The van der Waals surface area contributed by atoms with Crippen molar-refractivity contribution in [3.63, 3.8) is 0 Å². The molecular formula is C16H30O5. The molecule has 0 unspecified atom stereocenters. The van der Waals surface area contributed by atoms with Gasteiger partial charge >= 0.3 is 0 Å². The van der Waals surface area contributed by atoms with Gasteiger partial charge in [0.15, 0.2) is 0 Å². The first-order valence-corrected chi connectivity index (χ1v) is 8.01. The Labute approximate surface area is 127 Å². The highest BCUT2D eigenvalue weighted by Gasteiger charge is 2.39. The largest absolute Gasteiger partial charge is 0.394 e. The molecule has 1 saturated heterocycles. The van der Waals surface area contributed by atoms with E-state index in [4.69, 9.17) is 9.47 Å². The number of rotatable bonds is 11. The topological polar surface area (TPSA) is 79.2 Å². The molecule has 0 aromatic heterocycles. The molecule has 5 heteroatoms. The molecule has 5 nitrogen and oxygen atoms in total. The number of ether oxygens (including phenoxy) is 2. The molecule has 3 N–H and O–H groups in total. The van der Waals surface area contributed by atoms with Gasteiger partial charge in [0.25, 0.3) is 0 Å². The lowest BCUT2D eigenvalue weighted by molar-refractivity contribution is -0.211. The van der Waals surface area contributed by atoms with E-state index in [2.05, 4.69) is 6.58 Å². The molecule has 4 atom stereocenters. The van der Waals surface area contributed by atoms with E-state index in [0.717, 1.165) is 19.3 Å². The fraction of sp³-hybridized carbons (Fsp3) is 0.875. The molecule has 0 aromatic carbocycles. The number of unbranched alkanes of at least 4 members (excludes halogenated alkanes) is 6. The standard InChI is InChI=1S/C16H30O5/c1-2-3-4-5-6-7-8-9-10-20-16-14(11-17)21-12-13(18)15(16)19/h2,13-19H,1,3-12H2/t13-,14+,15+,16+/m1/s1. The third-order valence-electron chi connectivity index (χ3n) is 3.87. The van der Waals surface area contributed by atoms with Gasteiger partial charge in [-0.05, 0) is 19.3 Å². The normalized spacial score (nSPS) is 29.5. The molecule has 0 amide bonds. The molecule has 124 valence electrons. The lowest BCUT2D eigenvalue weighted by atomic mass is 10.0. The van der Waals surface area contributed by atoms with E-state index in [-0.39, 0.29) is 13.2 Å². The number of hydrogen-bond donors (Lipinski definition) is 3. The number of aliphatic hydroxyl groups excluding tert-OH is 3. The smallest absolute Gasteiger partial charge is 0.114 e. The summed E-state index contributed by atoms with van der Waals surface area (Å²) < 4.78 is 10.9. The lowest BCUT2D eigenvalue weighted by Crippen LogP contribution is -2.55. The Morgan fingerprint density at radius 3 is 2.43 bits per heavy atom. The van der Waals surface area contributed by atoms with Crippen LogP contribution in [-0.2, 0) is 9.47 Å². The maximum absolute atomic E-state index is 9.89. The van der Waals surface area contributed by atoms with E-state index in [1.165, 1.54) is 25.7 Å². The average molecular weight is 302 g/mol. The fourth-order valence-electron chi connectivity index (χ4n) is 2.53. The van der Waals surface area contributed by atoms with Crippen LogP contribution >= 0.6 is 0 Å². The highest BCUT2D eigenvalue weighted by Crippen LogP contribution is 2.19. The first kappa shape index (κ1) is 18.6. The van der Waals surface area contributed by atoms with Crippen molar-refractivity contribution >= 4 is 0 Å². The Kier molecular flexibility index (Phi) is 9.87. The van der Waals surface area contributed by atoms with Crippen molar-refractivity contribution in [2.45, 2.75) is 69.4 Å². The lowest BCUT2D eigenvalue weighted by Gasteiger charge is -2.37. The quantitative estimate of drug-likeness (QED) is 0.397. The zero-order valence-corrected chi connectivity index (χ0v) is 12.8. The highest BCUT2D eigenvalue weighted by molar-refractivity contribution is 4.87. The van der Waals surface area contributed by atoms with E-state index in [9.17, 15) is 15.3 Å². The first-order chi connectivity index (χ1) is 10.2. The monoisotopic (exact) mass is 302 g/mol. The molecule has 1 rings (SSSR count). The van der Waals surface area contributed by atoms with Gasteiger partial charge in [-0.25, -0.2) is 0 Å². The Bertz CT molecular complexity index is 269. The Hall–Kier alpha value is -0.460. The van der Waals surface area contributed by atoms with E-state index in [1.54, 1.807) is 0 Å². The SMILES string of the molecule is C=CCCCCCCCCO[C@@H]1[C@@H](O)[C@H](O)CO[C@H]1CO. The number of allylic oxidation sites excluding steroid dienone is 1. The second kappa shape index (κ2) is 11.2. The fourth-order valence-corrected chi connectivity index (χ4v) is 2.53. The molecule has 1 heterocycles. The minimum Gasteiger partial charge on any atom is -0.394 e. The van der Waals surface area contributed by atoms with Crippen LogP contribution in [0, 0.1) is 0 Å². The maximum Gasteiger partial charge on any atom is 0.114 e. The van der Waals surface area contributed by atoms with E-state index in [1.807, 2.05) is 6.08 Å². The summed E-state index contributed by atoms with van der Waals surface area (Å²) in [6.07, 6.45) is 6.76. The van der Waals surface area contributed by atoms with Crippen LogP contribution in [0.2, 0.25) is 0 Å². The van der Waals surface area contributed by atoms with Crippen LogP contribution < -0.4 is 0 Å². The van der Waals surface area contributed by atoms with Gasteiger partial charge in [0, 0.05) is 6.61 Å². The van der Waals surface area contributed by atoms with Crippen molar-refractivity contribution in [3.05, 3.63) is 12.7 Å². The van der Waals surface area contributed by atoms with Crippen molar-refractivity contribution in [2.75, 3.05) is 19.8 Å². The maximum atomic E-state index is 9.89. The van der Waals surface area contributed by atoms with Gasteiger partial charge in [-0.15, -0.1) is 6.58 Å². The zero-order chi connectivity index (χ0) is 15.5. The van der Waals surface area contributed by atoms with Gasteiger partial charge in [0.05, 0.1) is 13.2 Å². The predicted molar refractivity (Wildman–Crippen MR) is 81.1 cm³/mol. The molecule has 1 aliphatic heterocycles. The summed E-state index contributed by atoms with van der Waals surface area (Å²) in [4.78, 5) is 0. The minimum atomic E-state index is -0.991. The Balaban J connectivity index is 2.08. The van der Waals surface area contributed by atoms with E-state index < -0.39 is 24.4 Å². The summed E-state index contributed by atoms with van der Waals surface area (Å²) in [5.74, 6) is 0. The van der Waals surface area contributed by atoms with Gasteiger partial charge in [-0.3, -0.25) is 0 Å². The van der Waals surface area contributed by atoms with Crippen LogP contribution in [0.15, 0.2) is 12.7 Å². The van der Waals surface area contributed by atoms with Crippen molar-refractivity contribution in [2.24, 2.45) is 0 Å². The van der Waals surface area contributed by atoms with Crippen LogP contribution in [0.5, 0.6) is 0 Å². The third kappa shape index (κ3) is 6.89. The molecule has 0 radical (unpaired) electrons. The van der Waals surface area contributed by atoms with Crippen molar-refractivity contribution in [1.82, 2.24) is 0 Å². The molecule has 0 spiro atoms. The minimum absolute atomic E-state index is 0.0387. The van der Waals surface area contributed by atoms with Crippen LogP contribution in [-0.4, -0.2) is 59.6 Å². The summed E-state index contributed by atoms with van der Waals surface area (Å²) >= 11 is 0. The molecular weight excluding hydrogens is 272 g/mol. The molecule has 0 aliphatic carbocycles. The number of hydrogen-bond acceptors (Lipinski definition) is 5. The molecule has 21 heavy (non-hydrogen) atoms. The van der Waals surface area contributed by atoms with E-state index in [0.29, 0.717) is 6.61 Å². The van der Waals surface area contributed by atoms with Gasteiger partial charge < -0.3 is 24.8 Å². The van der Waals surface area contributed by atoms with Gasteiger partial charge in [-0.2, -0.15) is 0 Å². The highest BCUT2D eigenvalue weighted by atomic mass is 16.6. The van der Waals surface area contributed by atoms with Gasteiger partial charge in [0.1, 0.15) is 24.4 Å². The molecule has 0 saturated carbocycles. The average Bonchev–Trinajstić information content (AvgIpc) is 2.49. The van der Waals surface area contributed by atoms with E-state index >= 15 is 0 Å². The Morgan fingerprint density at radius 2 is 1.76 bits per heavy atom. The number of aliphatic hydroxyl groups is 3. The zero-order valence-electron chi connectivity index (χ0n) is 12.8. The summed E-state index contributed by atoms with van der Waals surface area (Å²) in [6.45, 7) is 4.05. The molecule has 0 bridgehead atoms. The van der Waals surface area contributed by atoms with Crippen LogP contribution in [0.3, 0.4) is 0 Å². The summed E-state index contributed by atoms with van der Waals surface area (Å²) in [5, 5.41) is 28.7. The third-order valence-corrected chi connectivity index (χ3v) is 3.87. The van der Waals surface area contributed by atoms with Crippen molar-refractivity contribution in [3.8, 4) is 0 Å². The summed E-state index contributed by atoms with van der Waals surface area (Å²) in [6, 6.07) is 0. The van der Waals surface area contributed by atoms with Crippen LogP contribution in [0.4, 0.5) is 0 Å². The van der Waals surface area contributed by atoms with Crippen molar-refractivity contribution < 1.29 is 24.8 Å². The predicted octanol–water partition coefficient (Wildman–Crippen LogP) is 1.40. The van der Waals surface area contributed by atoms with Crippen LogP contribution in [0.25, 0.3) is 0 Å². The van der Waals surface area contributed by atoms with Crippen LogP contribution in [0.1, 0.15) is 44.9 Å². The van der Waals surface area contributed by atoms with Gasteiger partial charge in [-0.1, -0.05) is 31.8 Å². The summed E-state index contributed by atoms with van der Waals surface area (Å²) in [7, 11) is 0. The van der Waals surface area contributed by atoms with Crippen molar-refractivity contribution in [1.29, 1.82) is 0 Å². The molecule has 1 aliphatic rings.